The lowest BCUT2D eigenvalue weighted by Crippen LogP contribution is -2.18. The summed E-state index contributed by atoms with van der Waals surface area (Å²) in [4.78, 5) is 14.4. The van der Waals surface area contributed by atoms with Crippen LogP contribution in [0, 0.1) is 0 Å². The largest absolute Gasteiger partial charge is 0.491 e. The highest BCUT2D eigenvalue weighted by molar-refractivity contribution is 5.61. The molecule has 0 spiro atoms. The van der Waals surface area contributed by atoms with Gasteiger partial charge >= 0.3 is 0 Å². The lowest BCUT2D eigenvalue weighted by Gasteiger charge is -2.29. The Kier molecular flexibility index (Phi) is 22.6. The molecule has 3 aromatic heterocycles. The highest BCUT2D eigenvalue weighted by atomic mass is 16.6. The van der Waals surface area contributed by atoms with E-state index in [4.69, 9.17) is 57.6 Å². The second-order valence-corrected chi connectivity index (χ2v) is 30.7. The van der Waals surface area contributed by atoms with Gasteiger partial charge in [0.1, 0.15) is 61.8 Å². The zero-order valence-corrected chi connectivity index (χ0v) is 59.4. The third-order valence-corrected chi connectivity index (χ3v) is 17.8. The Bertz CT molecular complexity index is 3630. The van der Waals surface area contributed by atoms with Crippen molar-refractivity contribution >= 4 is 0 Å². The SMILES string of the molecule is CC(C)(C)c1cc2c3c(c1)Cc1cc(C(C)(C)C)cc(c1OCc1ccccn1)Cc1cc(C(C)(C)C)cc(c1OCc1ccccn1)Cc1cc(C(C)(C)C)cc(c1OCCOCCOCCOCCOCCO3)Cc1cc(C(C)(C)C)cc(c1OCc1ccccn1)C2. The topological polar surface area (TPSA) is 122 Å². The Labute approximate surface area is 566 Å². The van der Waals surface area contributed by atoms with E-state index in [-0.39, 0.29) is 46.9 Å². The van der Waals surface area contributed by atoms with Crippen molar-refractivity contribution in [3.8, 4) is 28.7 Å². The van der Waals surface area contributed by atoms with E-state index in [1.165, 1.54) is 27.8 Å². The molecule has 8 aromatic rings. The maximum atomic E-state index is 7.40. The fourth-order valence-corrected chi connectivity index (χ4v) is 12.3. The maximum Gasteiger partial charge on any atom is 0.130 e. The molecular weight excluding hydrogens is 1180 g/mol. The first-order valence-electron chi connectivity index (χ1n) is 34.2. The second-order valence-electron chi connectivity index (χ2n) is 30.7. The smallest absolute Gasteiger partial charge is 0.130 e. The van der Waals surface area contributed by atoms with Crippen LogP contribution in [0.3, 0.4) is 0 Å². The minimum atomic E-state index is -0.268. The fraction of sp³-hybridized carbons (Fsp3) is 0.458. The lowest BCUT2D eigenvalue weighted by atomic mass is 9.79. The number of nitrogens with zero attached hydrogens (tertiary/aromatic N) is 3. The summed E-state index contributed by atoms with van der Waals surface area (Å²) in [5.74, 6) is 4.02. The number of pyridine rings is 3. The number of fused-ring (bicyclic) bond motifs is 4. The van der Waals surface area contributed by atoms with Crippen molar-refractivity contribution in [2.75, 3.05) is 66.1 Å². The van der Waals surface area contributed by atoms with Gasteiger partial charge in [0.05, 0.1) is 69.9 Å². The fourth-order valence-electron chi connectivity index (χ4n) is 12.3. The van der Waals surface area contributed by atoms with Gasteiger partial charge in [0, 0.05) is 50.7 Å². The van der Waals surface area contributed by atoms with Gasteiger partial charge in [-0.2, -0.15) is 0 Å². The third-order valence-electron chi connectivity index (χ3n) is 17.8. The standard InChI is InChI=1S/C83H103N3O9/c1-79(2,3)66-43-56-38-60-47-68(81(7,8)9)48-61(76(60)93-53-71-22-16-19-25-84-71)39-57-44-67(80(4,5)6)46-59-41-63-50-70(83(13,14)15)52-65(78(63)95-55-73-24-18-21-27-86-73)42-64-51-69(82(10,11)12)49-62(77(64)94-54-72-23-17-20-26-85-72)40-58(45-66)74(56)91-36-34-89-32-30-87-28-29-88-31-33-90-35-37-92-75(57)59/h16-27,43-52H,28-42,53-55H2,1-15H3. The van der Waals surface area contributed by atoms with Crippen LogP contribution in [0.5, 0.6) is 28.7 Å². The van der Waals surface area contributed by atoms with Crippen molar-refractivity contribution in [3.63, 3.8) is 0 Å². The Hall–Kier alpha value is -7.61. The number of ether oxygens (including phenoxy) is 9. The van der Waals surface area contributed by atoms with E-state index in [0.717, 1.165) is 101 Å². The third kappa shape index (κ3) is 18.9. The van der Waals surface area contributed by atoms with E-state index in [2.05, 4.69) is 165 Å². The van der Waals surface area contributed by atoms with Gasteiger partial charge in [0.25, 0.3) is 0 Å². The van der Waals surface area contributed by atoms with Crippen LogP contribution in [-0.2, 0) is 97.9 Å². The molecule has 0 N–H and O–H groups in total. The molecule has 95 heavy (non-hydrogen) atoms. The van der Waals surface area contributed by atoms with Gasteiger partial charge in [-0.3, -0.25) is 15.0 Å². The van der Waals surface area contributed by atoms with E-state index >= 15 is 0 Å². The molecule has 504 valence electrons. The average Bonchev–Trinajstić information content (AvgIpc) is 0.774. The van der Waals surface area contributed by atoms with Crippen LogP contribution in [0.25, 0.3) is 0 Å². The molecule has 0 amide bonds. The minimum Gasteiger partial charge on any atom is -0.491 e. The van der Waals surface area contributed by atoms with Crippen LogP contribution in [-0.4, -0.2) is 81.0 Å². The van der Waals surface area contributed by atoms with Crippen molar-refractivity contribution in [2.45, 2.75) is 183 Å². The van der Waals surface area contributed by atoms with Gasteiger partial charge in [0.2, 0.25) is 0 Å². The molecule has 10 rings (SSSR count). The van der Waals surface area contributed by atoms with Gasteiger partial charge in [-0.15, -0.1) is 0 Å². The number of hydrogen-bond acceptors (Lipinski definition) is 12. The highest BCUT2D eigenvalue weighted by Gasteiger charge is 2.31. The van der Waals surface area contributed by atoms with Crippen LogP contribution in [0.2, 0.25) is 0 Å². The molecule has 12 nitrogen and oxygen atoms in total. The Morgan fingerprint density at radius 3 is 0.705 bits per heavy atom. The van der Waals surface area contributed by atoms with Crippen LogP contribution in [0.15, 0.2) is 134 Å². The van der Waals surface area contributed by atoms with Gasteiger partial charge in [0.15, 0.2) is 0 Å². The molecule has 4 heterocycles. The normalized spacial score (nSPS) is 15.2. The molecular formula is C83H103N3O9. The molecule has 0 atom stereocenters. The Morgan fingerprint density at radius 2 is 0.495 bits per heavy atom. The summed E-state index contributed by atoms with van der Waals surface area (Å²) in [7, 11) is 0. The van der Waals surface area contributed by atoms with Crippen LogP contribution < -0.4 is 23.7 Å². The molecule has 1 aliphatic carbocycles. The molecule has 1 aliphatic heterocycles. The summed E-state index contributed by atoms with van der Waals surface area (Å²) >= 11 is 0. The molecule has 2 aliphatic rings. The van der Waals surface area contributed by atoms with Crippen LogP contribution >= 0.6 is 0 Å². The zero-order valence-electron chi connectivity index (χ0n) is 59.4. The van der Waals surface area contributed by atoms with E-state index in [1.807, 2.05) is 73.2 Å². The van der Waals surface area contributed by atoms with Crippen LogP contribution in [0.4, 0.5) is 0 Å². The molecule has 5 aromatic carbocycles. The summed E-state index contributed by atoms with van der Waals surface area (Å²) in [6.07, 6.45) is 7.96. The van der Waals surface area contributed by atoms with Crippen molar-refractivity contribution in [3.05, 3.63) is 234 Å². The average molecular weight is 1290 g/mol. The zero-order chi connectivity index (χ0) is 67.5. The molecule has 0 unspecified atom stereocenters. The quantitative estimate of drug-likeness (QED) is 0.137. The van der Waals surface area contributed by atoms with Gasteiger partial charge in [-0.1, -0.05) is 183 Å². The molecule has 0 radical (unpaired) electrons. The first-order valence-corrected chi connectivity index (χ1v) is 34.2. The molecule has 0 saturated heterocycles. The number of rotatable bonds is 9. The van der Waals surface area contributed by atoms with Crippen molar-refractivity contribution in [1.82, 2.24) is 15.0 Å². The number of hydrogen-bond donors (Lipinski definition) is 0. The minimum absolute atomic E-state index is 0.255. The summed E-state index contributed by atoms with van der Waals surface area (Å²) in [5, 5.41) is 0. The maximum absolute atomic E-state index is 7.40. The van der Waals surface area contributed by atoms with E-state index < -0.39 is 0 Å². The van der Waals surface area contributed by atoms with Crippen molar-refractivity contribution in [1.29, 1.82) is 0 Å². The Balaban J connectivity index is 1.35. The van der Waals surface area contributed by atoms with Gasteiger partial charge in [-0.25, -0.2) is 0 Å². The molecule has 0 fully saturated rings. The second kappa shape index (κ2) is 30.6. The van der Waals surface area contributed by atoms with Gasteiger partial charge in [-0.05, 0) is 147 Å². The van der Waals surface area contributed by atoms with Crippen molar-refractivity contribution < 1.29 is 42.6 Å². The van der Waals surface area contributed by atoms with Crippen molar-refractivity contribution in [2.24, 2.45) is 0 Å². The predicted octanol–water partition coefficient (Wildman–Crippen LogP) is 17.2. The first-order chi connectivity index (χ1) is 45.2. The van der Waals surface area contributed by atoms with E-state index in [1.54, 1.807) is 0 Å². The molecule has 12 bridgehead atoms. The monoisotopic (exact) mass is 1290 g/mol. The predicted molar refractivity (Wildman–Crippen MR) is 380 cm³/mol. The van der Waals surface area contributed by atoms with E-state index in [9.17, 15) is 0 Å². The van der Waals surface area contributed by atoms with Crippen LogP contribution in [0.1, 0.15) is 204 Å². The number of benzene rings is 5. The van der Waals surface area contributed by atoms with E-state index in [0.29, 0.717) is 98.2 Å². The molecule has 12 heteroatoms. The summed E-state index contributed by atoms with van der Waals surface area (Å²) in [6.45, 7) is 39.1. The number of aromatic nitrogens is 3. The summed E-state index contributed by atoms with van der Waals surface area (Å²) in [6, 6.07) is 41.7. The van der Waals surface area contributed by atoms with Gasteiger partial charge < -0.3 is 42.6 Å². The first kappa shape index (κ1) is 70.2. The Morgan fingerprint density at radius 1 is 0.284 bits per heavy atom. The highest BCUT2D eigenvalue weighted by Crippen LogP contribution is 2.46. The summed E-state index contributed by atoms with van der Waals surface area (Å²) < 4.78 is 61.4. The molecule has 0 saturated carbocycles. The lowest BCUT2D eigenvalue weighted by molar-refractivity contribution is -0.00706. The summed E-state index contributed by atoms with van der Waals surface area (Å²) in [5.41, 5.74) is 17.5.